The van der Waals surface area contributed by atoms with E-state index >= 15 is 0 Å². The van der Waals surface area contributed by atoms with Crippen LogP contribution in [-0.4, -0.2) is 18.0 Å². The van der Waals surface area contributed by atoms with E-state index in [2.05, 4.69) is 29.2 Å². The van der Waals surface area contributed by atoms with E-state index in [9.17, 15) is 8.78 Å². The van der Waals surface area contributed by atoms with E-state index < -0.39 is 0 Å². The largest absolute Gasteiger partial charge is 0.299 e. The van der Waals surface area contributed by atoms with E-state index in [1.165, 1.54) is 29.3 Å². The van der Waals surface area contributed by atoms with E-state index in [-0.39, 0.29) is 17.0 Å². The summed E-state index contributed by atoms with van der Waals surface area (Å²) in [5.74, 6) is -0.673. The van der Waals surface area contributed by atoms with E-state index in [1.54, 1.807) is 0 Å². The summed E-state index contributed by atoms with van der Waals surface area (Å²) in [6, 6.07) is 22.1. The molecular formula is C26H26ClF2N. The molecule has 0 aromatic heterocycles. The van der Waals surface area contributed by atoms with Gasteiger partial charge in [-0.1, -0.05) is 54.1 Å². The summed E-state index contributed by atoms with van der Waals surface area (Å²) >= 11 is 6.01. The molecule has 3 aromatic rings. The van der Waals surface area contributed by atoms with Gasteiger partial charge in [0, 0.05) is 17.0 Å². The van der Waals surface area contributed by atoms with Gasteiger partial charge in [-0.25, -0.2) is 8.78 Å². The van der Waals surface area contributed by atoms with Crippen LogP contribution in [0.1, 0.15) is 36.0 Å². The summed E-state index contributed by atoms with van der Waals surface area (Å²) < 4.78 is 28.9. The number of hydrogen-bond acceptors (Lipinski definition) is 1. The summed E-state index contributed by atoms with van der Waals surface area (Å²) in [5.41, 5.74) is 2.61. The van der Waals surface area contributed by atoms with Gasteiger partial charge in [0.25, 0.3) is 0 Å². The molecule has 0 aliphatic carbocycles. The zero-order valence-corrected chi connectivity index (χ0v) is 17.7. The molecule has 0 radical (unpaired) electrons. The standard InChI is InChI=1S/C26H26ClF2N/c27-22-8-6-20(7-9-22)12-13-26(24-18-23(28)10-11-25(24)29)14-16-30(17-15-26)19-21-4-2-1-3-5-21/h1-11,18H,12-17,19H2. The molecule has 1 heterocycles. The molecule has 1 nitrogen and oxygen atoms in total. The highest BCUT2D eigenvalue weighted by Gasteiger charge is 2.38. The number of aryl methyl sites for hydroxylation is 1. The Kier molecular flexibility index (Phi) is 6.50. The Labute approximate surface area is 182 Å². The Bertz CT molecular complexity index is 964. The molecule has 1 aliphatic rings. The summed E-state index contributed by atoms with van der Waals surface area (Å²) in [7, 11) is 0. The fourth-order valence-corrected chi connectivity index (χ4v) is 4.70. The van der Waals surface area contributed by atoms with Crippen molar-refractivity contribution in [1.82, 2.24) is 4.90 Å². The number of halogens is 3. The third-order valence-electron chi connectivity index (χ3n) is 6.37. The van der Waals surface area contributed by atoms with Gasteiger partial charge in [0.05, 0.1) is 0 Å². The van der Waals surface area contributed by atoms with E-state index in [1.807, 2.05) is 30.3 Å². The van der Waals surface area contributed by atoms with Gasteiger partial charge in [0.15, 0.2) is 0 Å². The van der Waals surface area contributed by atoms with Crippen molar-refractivity contribution in [2.45, 2.75) is 37.6 Å². The first-order valence-electron chi connectivity index (χ1n) is 10.5. The normalized spacial score (nSPS) is 16.5. The van der Waals surface area contributed by atoms with Crippen LogP contribution in [0.15, 0.2) is 72.8 Å². The third-order valence-corrected chi connectivity index (χ3v) is 6.62. The quantitative estimate of drug-likeness (QED) is 0.420. The molecule has 0 spiro atoms. The number of piperidine rings is 1. The number of benzene rings is 3. The monoisotopic (exact) mass is 425 g/mol. The van der Waals surface area contributed by atoms with Crippen LogP contribution in [0.25, 0.3) is 0 Å². The summed E-state index contributed by atoms with van der Waals surface area (Å²) in [4.78, 5) is 2.41. The molecule has 1 aliphatic heterocycles. The van der Waals surface area contributed by atoms with Gasteiger partial charge in [0.2, 0.25) is 0 Å². The highest BCUT2D eigenvalue weighted by atomic mass is 35.5. The molecule has 0 bridgehead atoms. The van der Waals surface area contributed by atoms with E-state index in [4.69, 9.17) is 11.6 Å². The van der Waals surface area contributed by atoms with Crippen LogP contribution in [0.3, 0.4) is 0 Å². The first-order valence-corrected chi connectivity index (χ1v) is 10.9. The zero-order valence-electron chi connectivity index (χ0n) is 17.0. The topological polar surface area (TPSA) is 3.24 Å². The van der Waals surface area contributed by atoms with Gasteiger partial charge < -0.3 is 0 Å². The molecule has 0 saturated carbocycles. The molecule has 0 unspecified atom stereocenters. The molecule has 156 valence electrons. The van der Waals surface area contributed by atoms with Crippen LogP contribution in [-0.2, 0) is 18.4 Å². The second-order valence-electron chi connectivity index (χ2n) is 8.29. The predicted molar refractivity (Wildman–Crippen MR) is 119 cm³/mol. The minimum Gasteiger partial charge on any atom is -0.299 e. The highest BCUT2D eigenvalue weighted by Crippen LogP contribution is 2.41. The lowest BCUT2D eigenvalue weighted by atomic mass is 9.69. The first kappa shape index (κ1) is 21.0. The second kappa shape index (κ2) is 9.28. The molecule has 0 N–H and O–H groups in total. The predicted octanol–water partition coefficient (Wildman–Crippen LogP) is 6.78. The van der Waals surface area contributed by atoms with Gasteiger partial charge in [-0.3, -0.25) is 4.90 Å². The molecule has 0 amide bonds. The Morgan fingerprint density at radius 1 is 0.833 bits per heavy atom. The first-order chi connectivity index (χ1) is 14.5. The lowest BCUT2D eigenvalue weighted by molar-refractivity contribution is 0.143. The maximum atomic E-state index is 14.8. The molecule has 1 fully saturated rings. The third kappa shape index (κ3) is 4.91. The Hall–Kier alpha value is -2.23. The van der Waals surface area contributed by atoms with Crippen molar-refractivity contribution in [3.8, 4) is 0 Å². The van der Waals surface area contributed by atoms with Crippen LogP contribution in [0.5, 0.6) is 0 Å². The molecule has 4 rings (SSSR count). The number of nitrogens with zero attached hydrogens (tertiary/aromatic N) is 1. The lowest BCUT2D eigenvalue weighted by Gasteiger charge is -2.43. The van der Waals surface area contributed by atoms with E-state index in [0.29, 0.717) is 10.6 Å². The number of hydrogen-bond donors (Lipinski definition) is 0. The van der Waals surface area contributed by atoms with Gasteiger partial charge >= 0.3 is 0 Å². The molecule has 1 saturated heterocycles. The molecule has 0 atom stereocenters. The van der Waals surface area contributed by atoms with Gasteiger partial charge in [0.1, 0.15) is 11.6 Å². The summed E-state index contributed by atoms with van der Waals surface area (Å²) in [6.07, 6.45) is 3.22. The van der Waals surface area contributed by atoms with Crippen LogP contribution in [0, 0.1) is 11.6 Å². The summed E-state index contributed by atoms with van der Waals surface area (Å²) in [6.45, 7) is 2.62. The van der Waals surface area contributed by atoms with E-state index in [0.717, 1.165) is 45.3 Å². The average Bonchev–Trinajstić information content (AvgIpc) is 2.77. The van der Waals surface area contributed by atoms with Gasteiger partial charge in [-0.2, -0.15) is 0 Å². The number of likely N-dealkylation sites (tertiary alicyclic amines) is 1. The zero-order chi connectivity index (χ0) is 21.0. The Morgan fingerprint density at radius 2 is 1.53 bits per heavy atom. The van der Waals surface area contributed by atoms with Crippen LogP contribution in [0.2, 0.25) is 5.02 Å². The molecule has 30 heavy (non-hydrogen) atoms. The minimum atomic E-state index is -0.371. The second-order valence-corrected chi connectivity index (χ2v) is 8.73. The SMILES string of the molecule is Fc1ccc(F)c(C2(CCc3ccc(Cl)cc3)CCN(Cc3ccccc3)CC2)c1. The highest BCUT2D eigenvalue weighted by molar-refractivity contribution is 6.30. The molecular weight excluding hydrogens is 400 g/mol. The van der Waals surface area contributed by atoms with Gasteiger partial charge in [-0.05, 0) is 85.8 Å². The maximum absolute atomic E-state index is 14.8. The fourth-order valence-electron chi connectivity index (χ4n) is 4.57. The van der Waals surface area contributed by atoms with Crippen molar-refractivity contribution < 1.29 is 8.78 Å². The maximum Gasteiger partial charge on any atom is 0.127 e. The van der Waals surface area contributed by atoms with Crippen molar-refractivity contribution in [1.29, 1.82) is 0 Å². The summed E-state index contributed by atoms with van der Waals surface area (Å²) in [5, 5.41) is 0.707. The molecule has 4 heteroatoms. The molecule has 3 aromatic carbocycles. The van der Waals surface area contributed by atoms with Crippen LogP contribution in [0.4, 0.5) is 8.78 Å². The van der Waals surface area contributed by atoms with Crippen molar-refractivity contribution in [2.24, 2.45) is 0 Å². The van der Waals surface area contributed by atoms with Crippen LogP contribution < -0.4 is 0 Å². The number of rotatable bonds is 6. The average molecular weight is 426 g/mol. The lowest BCUT2D eigenvalue weighted by Crippen LogP contribution is -2.43. The Balaban J connectivity index is 1.54. The van der Waals surface area contributed by atoms with Crippen molar-refractivity contribution in [3.05, 3.63) is 106 Å². The minimum absolute atomic E-state index is 0.302. The van der Waals surface area contributed by atoms with Crippen LogP contribution >= 0.6 is 11.6 Å². The van der Waals surface area contributed by atoms with Gasteiger partial charge in [-0.15, -0.1) is 0 Å². The Morgan fingerprint density at radius 3 is 2.23 bits per heavy atom. The smallest absolute Gasteiger partial charge is 0.127 e. The van der Waals surface area contributed by atoms with Crippen molar-refractivity contribution >= 4 is 11.6 Å². The fraction of sp³-hybridized carbons (Fsp3) is 0.308. The van der Waals surface area contributed by atoms with Crippen molar-refractivity contribution in [3.63, 3.8) is 0 Å². The van der Waals surface area contributed by atoms with Crippen molar-refractivity contribution in [2.75, 3.05) is 13.1 Å².